The molecule has 2 fully saturated rings. The van der Waals surface area contributed by atoms with E-state index in [1.54, 1.807) is 24.5 Å². The van der Waals surface area contributed by atoms with Gasteiger partial charge in [0.2, 0.25) is 5.91 Å². The van der Waals surface area contributed by atoms with Gasteiger partial charge in [-0.2, -0.15) is 5.26 Å². The maximum absolute atomic E-state index is 12.6. The van der Waals surface area contributed by atoms with Crippen molar-refractivity contribution in [3.05, 3.63) is 45.8 Å². The second-order valence-corrected chi connectivity index (χ2v) is 9.30. The Balaban J connectivity index is 1.26. The highest BCUT2D eigenvalue weighted by Gasteiger charge is 2.40. The summed E-state index contributed by atoms with van der Waals surface area (Å²) in [7, 11) is 1.68. The number of benzene rings is 1. The van der Waals surface area contributed by atoms with Crippen molar-refractivity contribution in [2.75, 3.05) is 13.2 Å². The fraction of sp³-hybridized carbons (Fsp3) is 0.409. The largest absolute Gasteiger partial charge is 0.419 e. The number of nitrogens with zero attached hydrogens (tertiary/aromatic N) is 2. The van der Waals surface area contributed by atoms with Gasteiger partial charge < -0.3 is 19.8 Å². The van der Waals surface area contributed by atoms with Gasteiger partial charge in [-0.25, -0.2) is 4.79 Å². The number of carbonyl (C=O) groups is 1. The second-order valence-electron chi connectivity index (χ2n) is 8.13. The molecule has 2 aromatic heterocycles. The number of amides is 1. The molecule has 4 unspecified atom stereocenters. The zero-order chi connectivity index (χ0) is 21.5. The molecule has 160 valence electrons. The lowest BCUT2D eigenvalue weighted by Gasteiger charge is -2.16. The number of aryl methyl sites for hydroxylation is 1. The first kappa shape index (κ1) is 20.0. The molecule has 2 N–H and O–H groups in total. The highest BCUT2D eigenvalue weighted by atomic mass is 32.1. The van der Waals surface area contributed by atoms with Gasteiger partial charge in [-0.05, 0) is 42.3 Å². The van der Waals surface area contributed by atoms with E-state index in [0.29, 0.717) is 31.1 Å². The lowest BCUT2D eigenvalue weighted by molar-refractivity contribution is -0.123. The topological polar surface area (TPSA) is 109 Å². The van der Waals surface area contributed by atoms with E-state index in [1.165, 1.54) is 4.57 Å². The molecule has 31 heavy (non-hydrogen) atoms. The van der Waals surface area contributed by atoms with E-state index in [0.717, 1.165) is 27.3 Å². The van der Waals surface area contributed by atoms with Crippen molar-refractivity contribution in [1.29, 1.82) is 5.26 Å². The Hall–Kier alpha value is -2.93. The fourth-order valence-corrected chi connectivity index (χ4v) is 5.40. The monoisotopic (exact) mass is 438 g/mol. The third kappa shape index (κ3) is 3.78. The normalized spacial score (nSPS) is 23.5. The standard InChI is InChI=1S/C22H22N4O4S/c1-26-18-7-12(2-4-19(18)30-22(26)28)20-5-3-15(31-20)8-14(9-23)24-21(27)16-6-13-10-29-11-17(13)25-16/h2-5,7,13-14,16-17,25H,6,8,10-11H2,1H3,(H,24,27). The summed E-state index contributed by atoms with van der Waals surface area (Å²) in [6, 6.07) is 11.2. The maximum atomic E-state index is 12.6. The van der Waals surface area contributed by atoms with Crippen LogP contribution < -0.4 is 16.4 Å². The zero-order valence-corrected chi connectivity index (χ0v) is 17.8. The maximum Gasteiger partial charge on any atom is 0.419 e. The number of ether oxygens (including phenoxy) is 1. The van der Waals surface area contributed by atoms with Crippen molar-refractivity contribution in [2.24, 2.45) is 13.0 Å². The summed E-state index contributed by atoms with van der Waals surface area (Å²) in [5.74, 6) is -0.133. The Kier molecular flexibility index (Phi) is 5.14. The van der Waals surface area contributed by atoms with Crippen molar-refractivity contribution in [3.63, 3.8) is 0 Å². The Labute approximate surface area is 182 Å². The van der Waals surface area contributed by atoms with Gasteiger partial charge in [0.25, 0.3) is 0 Å². The molecule has 4 heterocycles. The van der Waals surface area contributed by atoms with Crippen LogP contribution in [0.3, 0.4) is 0 Å². The first-order valence-electron chi connectivity index (χ1n) is 10.2. The van der Waals surface area contributed by atoms with Crippen molar-refractivity contribution < 1.29 is 13.9 Å². The van der Waals surface area contributed by atoms with Crippen molar-refractivity contribution in [1.82, 2.24) is 15.2 Å². The molecule has 2 aliphatic rings. The van der Waals surface area contributed by atoms with Gasteiger partial charge in [-0.3, -0.25) is 9.36 Å². The van der Waals surface area contributed by atoms with Crippen LogP contribution in [0.2, 0.25) is 0 Å². The smallest absolute Gasteiger partial charge is 0.408 e. The lowest BCUT2D eigenvalue weighted by Crippen LogP contribution is -2.47. The van der Waals surface area contributed by atoms with Gasteiger partial charge in [-0.15, -0.1) is 11.3 Å². The fourth-order valence-electron chi connectivity index (χ4n) is 4.35. The number of nitrogens with one attached hydrogen (secondary N) is 2. The third-order valence-corrected chi connectivity index (χ3v) is 7.24. The van der Waals surface area contributed by atoms with Crippen molar-refractivity contribution in [2.45, 2.75) is 31.0 Å². The molecular formula is C22H22N4O4S. The predicted octanol–water partition coefficient (Wildman–Crippen LogP) is 1.79. The average Bonchev–Trinajstić information content (AvgIpc) is 3.52. The Bertz CT molecular complexity index is 1220. The van der Waals surface area contributed by atoms with Crippen LogP contribution in [-0.2, 0) is 23.0 Å². The van der Waals surface area contributed by atoms with Crippen LogP contribution in [0.5, 0.6) is 0 Å². The van der Waals surface area contributed by atoms with E-state index >= 15 is 0 Å². The minimum absolute atomic E-state index is 0.121. The van der Waals surface area contributed by atoms with Crippen LogP contribution in [0.25, 0.3) is 21.5 Å². The second kappa shape index (κ2) is 7.96. The molecule has 0 aliphatic carbocycles. The van der Waals surface area contributed by atoms with Gasteiger partial charge >= 0.3 is 5.76 Å². The predicted molar refractivity (Wildman–Crippen MR) is 116 cm³/mol. The molecule has 8 nitrogen and oxygen atoms in total. The molecule has 0 spiro atoms. The molecule has 0 bridgehead atoms. The van der Waals surface area contributed by atoms with Crippen LogP contribution >= 0.6 is 11.3 Å². The summed E-state index contributed by atoms with van der Waals surface area (Å²) in [5.41, 5.74) is 2.26. The number of fused-ring (bicyclic) bond motifs is 2. The van der Waals surface area contributed by atoms with Crippen LogP contribution in [0, 0.1) is 17.2 Å². The number of thiophene rings is 1. The summed E-state index contributed by atoms with van der Waals surface area (Å²) in [6.45, 7) is 1.34. The molecule has 1 aromatic carbocycles. The molecule has 9 heteroatoms. The van der Waals surface area contributed by atoms with Gasteiger partial charge in [0.15, 0.2) is 5.58 Å². The summed E-state index contributed by atoms with van der Waals surface area (Å²) in [4.78, 5) is 26.4. The Morgan fingerprint density at radius 2 is 2.26 bits per heavy atom. The number of carbonyl (C=O) groups excluding carboxylic acids is 1. The molecule has 0 radical (unpaired) electrons. The molecule has 5 rings (SSSR count). The Morgan fingerprint density at radius 1 is 1.39 bits per heavy atom. The zero-order valence-electron chi connectivity index (χ0n) is 17.0. The van der Waals surface area contributed by atoms with Crippen LogP contribution in [0.1, 0.15) is 11.3 Å². The Morgan fingerprint density at radius 3 is 3.06 bits per heavy atom. The highest BCUT2D eigenvalue weighted by molar-refractivity contribution is 7.15. The summed E-state index contributed by atoms with van der Waals surface area (Å²) >= 11 is 1.57. The van der Waals surface area contributed by atoms with E-state index < -0.39 is 6.04 Å². The van der Waals surface area contributed by atoms with E-state index in [9.17, 15) is 14.9 Å². The van der Waals surface area contributed by atoms with Gasteiger partial charge in [0.05, 0.1) is 30.8 Å². The number of oxazole rings is 1. The highest BCUT2D eigenvalue weighted by Crippen LogP contribution is 2.31. The minimum Gasteiger partial charge on any atom is -0.408 e. The van der Waals surface area contributed by atoms with Crippen molar-refractivity contribution in [3.8, 4) is 16.5 Å². The quantitative estimate of drug-likeness (QED) is 0.629. The van der Waals surface area contributed by atoms with E-state index in [4.69, 9.17) is 9.15 Å². The summed E-state index contributed by atoms with van der Waals surface area (Å²) in [5, 5.41) is 15.8. The molecule has 2 aliphatic heterocycles. The lowest BCUT2D eigenvalue weighted by atomic mass is 10.0. The molecule has 0 saturated carbocycles. The third-order valence-electron chi connectivity index (χ3n) is 6.08. The first-order valence-corrected chi connectivity index (χ1v) is 11.1. The summed E-state index contributed by atoms with van der Waals surface area (Å²) < 4.78 is 12.1. The van der Waals surface area contributed by atoms with Crippen LogP contribution in [0.4, 0.5) is 0 Å². The van der Waals surface area contributed by atoms with Gasteiger partial charge in [0.1, 0.15) is 6.04 Å². The number of hydrogen-bond acceptors (Lipinski definition) is 7. The molecule has 3 aromatic rings. The minimum atomic E-state index is -0.588. The summed E-state index contributed by atoms with van der Waals surface area (Å²) in [6.07, 6.45) is 1.19. The first-order chi connectivity index (χ1) is 15.0. The van der Waals surface area contributed by atoms with E-state index in [-0.39, 0.29) is 23.7 Å². The number of nitriles is 1. The van der Waals surface area contributed by atoms with Gasteiger partial charge in [-0.1, -0.05) is 0 Å². The number of aromatic nitrogens is 1. The van der Waals surface area contributed by atoms with Crippen molar-refractivity contribution >= 4 is 28.3 Å². The van der Waals surface area contributed by atoms with Crippen LogP contribution in [-0.4, -0.2) is 41.8 Å². The number of rotatable bonds is 5. The molecule has 2 saturated heterocycles. The number of hydrogen-bond donors (Lipinski definition) is 2. The van der Waals surface area contributed by atoms with E-state index in [1.807, 2.05) is 24.3 Å². The SMILES string of the molecule is Cn1c(=O)oc2ccc(-c3ccc(CC(C#N)NC(=O)C4CC5COCC5N4)s3)cc21. The molecular weight excluding hydrogens is 416 g/mol. The average molecular weight is 439 g/mol. The van der Waals surface area contributed by atoms with Crippen LogP contribution in [0.15, 0.2) is 39.5 Å². The molecule has 4 atom stereocenters. The molecule has 1 amide bonds. The van der Waals surface area contributed by atoms with Gasteiger partial charge in [0, 0.05) is 35.2 Å². The van der Waals surface area contributed by atoms with E-state index in [2.05, 4.69) is 16.7 Å².